The second-order valence-corrected chi connectivity index (χ2v) is 5.41. The summed E-state index contributed by atoms with van der Waals surface area (Å²) in [6, 6.07) is 4.31. The van der Waals surface area contributed by atoms with Gasteiger partial charge in [0.25, 0.3) is 11.5 Å². The Bertz CT molecular complexity index is 805. The first kappa shape index (κ1) is 16.1. The van der Waals surface area contributed by atoms with Crippen molar-refractivity contribution in [2.75, 3.05) is 26.9 Å². The quantitative estimate of drug-likeness (QED) is 0.889. The Morgan fingerprint density at radius 3 is 3.08 bits per heavy atom. The molecular weight excluding hydrogens is 312 g/mol. The number of amides is 1. The summed E-state index contributed by atoms with van der Waals surface area (Å²) in [6.45, 7) is 2.80. The third-order valence-electron chi connectivity index (χ3n) is 3.81. The van der Waals surface area contributed by atoms with Crippen LogP contribution in [0.3, 0.4) is 0 Å². The van der Waals surface area contributed by atoms with E-state index >= 15 is 0 Å². The Morgan fingerprint density at radius 2 is 2.33 bits per heavy atom. The molecule has 3 heterocycles. The molecule has 0 bridgehead atoms. The van der Waals surface area contributed by atoms with E-state index in [1.54, 1.807) is 30.2 Å². The highest BCUT2D eigenvalue weighted by atomic mass is 16.5. The van der Waals surface area contributed by atoms with Crippen LogP contribution in [0.1, 0.15) is 27.9 Å². The predicted molar refractivity (Wildman–Crippen MR) is 85.0 cm³/mol. The number of rotatable bonds is 3. The van der Waals surface area contributed by atoms with E-state index in [-0.39, 0.29) is 24.0 Å². The fraction of sp³-hybridized carbons (Fsp3) is 0.375. The standard InChI is InChI=1S/C16H18N4O4/c1-10-18-12(8-14(21)19-10)13-9-24-7-6-20(13)16(22)11-4-3-5-17-15(11)23-2/h3-5,8,13H,6-7,9H2,1-2H3,(H,18,19,21)/t13-/m0/s1. The molecule has 1 aliphatic heterocycles. The predicted octanol–water partition coefficient (Wildman–Crippen LogP) is 0.696. The lowest BCUT2D eigenvalue weighted by Gasteiger charge is -2.35. The Morgan fingerprint density at radius 1 is 1.50 bits per heavy atom. The van der Waals surface area contributed by atoms with Crippen molar-refractivity contribution in [1.29, 1.82) is 0 Å². The molecule has 1 saturated heterocycles. The van der Waals surface area contributed by atoms with Gasteiger partial charge in [-0.05, 0) is 19.1 Å². The summed E-state index contributed by atoms with van der Waals surface area (Å²) in [5.41, 5.74) is 0.620. The van der Waals surface area contributed by atoms with Gasteiger partial charge in [0.1, 0.15) is 11.4 Å². The first-order chi connectivity index (χ1) is 11.6. The van der Waals surface area contributed by atoms with Gasteiger partial charge >= 0.3 is 0 Å². The summed E-state index contributed by atoms with van der Waals surface area (Å²) < 4.78 is 10.7. The Kier molecular flexibility index (Phi) is 4.57. The van der Waals surface area contributed by atoms with E-state index in [2.05, 4.69) is 15.0 Å². The minimum Gasteiger partial charge on any atom is -0.480 e. The van der Waals surface area contributed by atoms with Gasteiger partial charge in [0, 0.05) is 18.8 Å². The normalized spacial score (nSPS) is 17.6. The van der Waals surface area contributed by atoms with Gasteiger partial charge in [0.05, 0.1) is 32.1 Å². The van der Waals surface area contributed by atoms with Gasteiger partial charge in [-0.3, -0.25) is 9.59 Å². The molecule has 1 N–H and O–H groups in total. The second-order valence-electron chi connectivity index (χ2n) is 5.41. The number of aromatic nitrogens is 3. The average Bonchev–Trinajstić information content (AvgIpc) is 2.60. The fourth-order valence-electron chi connectivity index (χ4n) is 2.74. The molecule has 0 aromatic carbocycles. The van der Waals surface area contributed by atoms with Crippen LogP contribution >= 0.6 is 0 Å². The molecule has 24 heavy (non-hydrogen) atoms. The highest BCUT2D eigenvalue weighted by molar-refractivity contribution is 5.96. The zero-order valence-electron chi connectivity index (χ0n) is 13.5. The number of nitrogens with zero attached hydrogens (tertiary/aromatic N) is 3. The van der Waals surface area contributed by atoms with Crippen molar-refractivity contribution in [2.45, 2.75) is 13.0 Å². The fourth-order valence-corrected chi connectivity index (χ4v) is 2.74. The van der Waals surface area contributed by atoms with E-state index in [1.807, 2.05) is 0 Å². The number of aromatic amines is 1. The van der Waals surface area contributed by atoms with Gasteiger partial charge < -0.3 is 19.4 Å². The first-order valence-corrected chi connectivity index (χ1v) is 7.55. The zero-order chi connectivity index (χ0) is 17.1. The van der Waals surface area contributed by atoms with E-state index in [9.17, 15) is 9.59 Å². The number of pyridine rings is 1. The van der Waals surface area contributed by atoms with Crippen molar-refractivity contribution in [2.24, 2.45) is 0 Å². The van der Waals surface area contributed by atoms with Gasteiger partial charge in [-0.1, -0.05) is 0 Å². The molecule has 0 radical (unpaired) electrons. The summed E-state index contributed by atoms with van der Waals surface area (Å²) in [5, 5.41) is 0. The maximum absolute atomic E-state index is 13.0. The Labute approximate surface area is 138 Å². The molecule has 1 aliphatic rings. The number of ether oxygens (including phenoxy) is 2. The number of H-pyrrole nitrogens is 1. The van der Waals surface area contributed by atoms with Gasteiger partial charge in [-0.25, -0.2) is 9.97 Å². The van der Waals surface area contributed by atoms with E-state index in [1.165, 1.54) is 13.2 Å². The van der Waals surface area contributed by atoms with Crippen LogP contribution in [0.5, 0.6) is 5.88 Å². The molecule has 0 unspecified atom stereocenters. The smallest absolute Gasteiger partial charge is 0.260 e. The molecule has 8 nitrogen and oxygen atoms in total. The molecular formula is C16H18N4O4. The molecule has 1 fully saturated rings. The maximum atomic E-state index is 13.0. The molecule has 2 aromatic rings. The van der Waals surface area contributed by atoms with E-state index < -0.39 is 6.04 Å². The van der Waals surface area contributed by atoms with Crippen LogP contribution in [0.25, 0.3) is 0 Å². The monoisotopic (exact) mass is 330 g/mol. The summed E-state index contributed by atoms with van der Waals surface area (Å²) in [5.74, 6) is 0.533. The van der Waals surface area contributed by atoms with E-state index in [0.29, 0.717) is 30.2 Å². The second kappa shape index (κ2) is 6.79. The molecule has 8 heteroatoms. The van der Waals surface area contributed by atoms with Crippen molar-refractivity contribution in [1.82, 2.24) is 19.9 Å². The number of morpholine rings is 1. The molecule has 0 saturated carbocycles. The number of hydrogen-bond donors (Lipinski definition) is 1. The third-order valence-corrected chi connectivity index (χ3v) is 3.81. The van der Waals surface area contributed by atoms with Crippen molar-refractivity contribution < 1.29 is 14.3 Å². The van der Waals surface area contributed by atoms with E-state index in [4.69, 9.17) is 9.47 Å². The summed E-state index contributed by atoms with van der Waals surface area (Å²) >= 11 is 0. The van der Waals surface area contributed by atoms with Gasteiger partial charge in [-0.2, -0.15) is 0 Å². The summed E-state index contributed by atoms with van der Waals surface area (Å²) in [7, 11) is 1.47. The lowest BCUT2D eigenvalue weighted by atomic mass is 10.1. The topological polar surface area (TPSA) is 97.4 Å². The average molecular weight is 330 g/mol. The van der Waals surface area contributed by atoms with Crippen molar-refractivity contribution in [3.63, 3.8) is 0 Å². The minimum absolute atomic E-state index is 0.229. The lowest BCUT2D eigenvalue weighted by molar-refractivity contribution is -0.00419. The van der Waals surface area contributed by atoms with Crippen LogP contribution in [0.4, 0.5) is 0 Å². The Balaban J connectivity index is 1.97. The van der Waals surface area contributed by atoms with Gasteiger partial charge in [-0.15, -0.1) is 0 Å². The molecule has 0 aliphatic carbocycles. The van der Waals surface area contributed by atoms with Crippen LogP contribution in [0.2, 0.25) is 0 Å². The SMILES string of the molecule is COc1ncccc1C(=O)N1CCOC[C@H]1c1cc(=O)[nH]c(C)n1. The number of aryl methyl sites for hydroxylation is 1. The summed E-state index contributed by atoms with van der Waals surface area (Å²) in [6.07, 6.45) is 1.56. The molecule has 2 aromatic heterocycles. The van der Waals surface area contributed by atoms with Crippen molar-refractivity contribution in [3.8, 4) is 5.88 Å². The van der Waals surface area contributed by atoms with Crippen LogP contribution in [0.15, 0.2) is 29.2 Å². The van der Waals surface area contributed by atoms with Crippen molar-refractivity contribution >= 4 is 5.91 Å². The largest absolute Gasteiger partial charge is 0.480 e. The van der Waals surface area contributed by atoms with E-state index in [0.717, 1.165) is 0 Å². The number of methoxy groups -OCH3 is 1. The number of nitrogens with one attached hydrogen (secondary N) is 1. The Hall–Kier alpha value is -2.74. The molecule has 0 spiro atoms. The highest BCUT2D eigenvalue weighted by Crippen LogP contribution is 2.26. The molecule has 126 valence electrons. The van der Waals surface area contributed by atoms with Crippen LogP contribution in [-0.2, 0) is 4.74 Å². The highest BCUT2D eigenvalue weighted by Gasteiger charge is 2.32. The van der Waals surface area contributed by atoms with Crippen LogP contribution < -0.4 is 10.3 Å². The maximum Gasteiger partial charge on any atom is 0.260 e. The first-order valence-electron chi connectivity index (χ1n) is 7.55. The molecule has 1 amide bonds. The number of carbonyl (C=O) groups excluding carboxylic acids is 1. The molecule has 1 atom stereocenters. The summed E-state index contributed by atoms with van der Waals surface area (Å²) in [4.78, 5) is 37.4. The third kappa shape index (κ3) is 3.13. The number of hydrogen-bond acceptors (Lipinski definition) is 6. The van der Waals surface area contributed by atoms with Crippen molar-refractivity contribution in [3.05, 3.63) is 51.8 Å². The zero-order valence-corrected chi connectivity index (χ0v) is 13.5. The number of carbonyl (C=O) groups is 1. The van der Waals surface area contributed by atoms with Gasteiger partial charge in [0.15, 0.2) is 0 Å². The lowest BCUT2D eigenvalue weighted by Crippen LogP contribution is -2.44. The minimum atomic E-state index is -0.433. The van der Waals surface area contributed by atoms with Gasteiger partial charge in [0.2, 0.25) is 5.88 Å². The van der Waals surface area contributed by atoms with Crippen LogP contribution in [0, 0.1) is 6.92 Å². The van der Waals surface area contributed by atoms with Crippen LogP contribution in [-0.4, -0.2) is 52.6 Å². The molecule has 3 rings (SSSR count).